The topological polar surface area (TPSA) is 60.2 Å². The molecular formula is C18H16F3NO2S. The first kappa shape index (κ1) is 17.7. The Hall–Kier alpha value is -2.12. The summed E-state index contributed by atoms with van der Waals surface area (Å²) in [5.41, 5.74) is 2.39. The normalized spacial score (nSPS) is 15.1. The SMILES string of the molecule is Cc1ccc(C2=C(c3cc(F)c(S(N)(=O)=O)cc3F)CCC2)cc1F. The van der Waals surface area contributed by atoms with Gasteiger partial charge < -0.3 is 0 Å². The highest BCUT2D eigenvalue weighted by atomic mass is 32.2. The number of nitrogens with two attached hydrogens (primary N) is 1. The lowest BCUT2D eigenvalue weighted by Gasteiger charge is -2.12. The number of benzene rings is 2. The molecule has 0 saturated carbocycles. The molecule has 132 valence electrons. The molecule has 2 aromatic rings. The Labute approximate surface area is 144 Å². The summed E-state index contributed by atoms with van der Waals surface area (Å²) in [5, 5.41) is 4.89. The Balaban J connectivity index is 2.17. The number of sulfonamides is 1. The Morgan fingerprint density at radius 1 is 0.920 bits per heavy atom. The zero-order valence-electron chi connectivity index (χ0n) is 13.4. The maximum atomic E-state index is 14.4. The Morgan fingerprint density at radius 2 is 1.60 bits per heavy atom. The van der Waals surface area contributed by atoms with E-state index < -0.39 is 26.6 Å². The van der Waals surface area contributed by atoms with E-state index >= 15 is 0 Å². The van der Waals surface area contributed by atoms with Crippen molar-refractivity contribution in [3.05, 3.63) is 64.5 Å². The van der Waals surface area contributed by atoms with Gasteiger partial charge >= 0.3 is 0 Å². The number of rotatable bonds is 3. The molecule has 2 N–H and O–H groups in total. The Bertz CT molecular complexity index is 998. The Kier molecular flexibility index (Phi) is 4.47. The third kappa shape index (κ3) is 3.34. The van der Waals surface area contributed by atoms with E-state index in [2.05, 4.69) is 0 Å². The fourth-order valence-corrected chi connectivity index (χ4v) is 3.72. The summed E-state index contributed by atoms with van der Waals surface area (Å²) in [7, 11) is -4.35. The van der Waals surface area contributed by atoms with Crippen LogP contribution in [-0.4, -0.2) is 8.42 Å². The van der Waals surface area contributed by atoms with Crippen molar-refractivity contribution in [1.29, 1.82) is 0 Å². The van der Waals surface area contributed by atoms with E-state index in [1.807, 2.05) is 0 Å². The van der Waals surface area contributed by atoms with Crippen LogP contribution in [0, 0.1) is 24.4 Å². The van der Waals surface area contributed by atoms with Gasteiger partial charge in [0.05, 0.1) is 0 Å². The van der Waals surface area contributed by atoms with Crippen molar-refractivity contribution < 1.29 is 21.6 Å². The zero-order valence-corrected chi connectivity index (χ0v) is 14.3. The number of aryl methyl sites for hydroxylation is 1. The number of primary sulfonamides is 1. The highest BCUT2D eigenvalue weighted by Crippen LogP contribution is 2.41. The first-order valence-corrected chi connectivity index (χ1v) is 9.24. The first-order valence-electron chi connectivity index (χ1n) is 7.69. The van der Waals surface area contributed by atoms with Crippen LogP contribution in [0.25, 0.3) is 11.1 Å². The fourth-order valence-electron chi connectivity index (χ4n) is 3.12. The summed E-state index contributed by atoms with van der Waals surface area (Å²) in [6, 6.07) is 6.20. The van der Waals surface area contributed by atoms with Gasteiger partial charge in [-0.25, -0.2) is 26.7 Å². The van der Waals surface area contributed by atoms with Crippen LogP contribution in [0.3, 0.4) is 0 Å². The summed E-state index contributed by atoms with van der Waals surface area (Å²) in [4.78, 5) is -0.879. The van der Waals surface area contributed by atoms with E-state index in [9.17, 15) is 21.6 Å². The van der Waals surface area contributed by atoms with Gasteiger partial charge in [-0.05, 0) is 66.7 Å². The smallest absolute Gasteiger partial charge is 0.225 e. The number of hydrogen-bond acceptors (Lipinski definition) is 2. The zero-order chi connectivity index (χ0) is 18.4. The molecule has 1 aliphatic carbocycles. The summed E-state index contributed by atoms with van der Waals surface area (Å²) in [6.07, 6.45) is 1.82. The molecule has 0 aromatic heterocycles. The van der Waals surface area contributed by atoms with Crippen molar-refractivity contribution in [2.75, 3.05) is 0 Å². The molecule has 0 saturated heterocycles. The molecule has 25 heavy (non-hydrogen) atoms. The molecule has 0 amide bonds. The van der Waals surface area contributed by atoms with Crippen LogP contribution in [0.5, 0.6) is 0 Å². The second-order valence-corrected chi connectivity index (χ2v) is 7.61. The van der Waals surface area contributed by atoms with Gasteiger partial charge in [-0.15, -0.1) is 0 Å². The number of hydrogen-bond donors (Lipinski definition) is 1. The summed E-state index contributed by atoms with van der Waals surface area (Å²) in [5.74, 6) is -2.34. The maximum Gasteiger partial charge on any atom is 0.241 e. The van der Waals surface area contributed by atoms with Crippen LogP contribution in [0.1, 0.15) is 36.0 Å². The lowest BCUT2D eigenvalue weighted by atomic mass is 9.96. The van der Waals surface area contributed by atoms with Crippen molar-refractivity contribution >= 4 is 21.2 Å². The van der Waals surface area contributed by atoms with Crippen molar-refractivity contribution in [1.82, 2.24) is 0 Å². The molecule has 0 heterocycles. The number of halogens is 3. The van der Waals surface area contributed by atoms with Crippen LogP contribution >= 0.6 is 0 Å². The van der Waals surface area contributed by atoms with E-state index in [-0.39, 0.29) is 11.4 Å². The number of allylic oxidation sites excluding steroid dienone is 2. The molecule has 0 spiro atoms. The predicted octanol–water partition coefficient (Wildman–Crippen LogP) is 4.15. The molecule has 0 bridgehead atoms. The Morgan fingerprint density at radius 3 is 2.24 bits per heavy atom. The van der Waals surface area contributed by atoms with E-state index in [0.717, 1.165) is 18.1 Å². The van der Waals surface area contributed by atoms with Crippen molar-refractivity contribution in [3.8, 4) is 0 Å². The summed E-state index contributed by atoms with van der Waals surface area (Å²) >= 11 is 0. The van der Waals surface area contributed by atoms with Gasteiger partial charge in [-0.2, -0.15) is 0 Å². The minimum atomic E-state index is -4.35. The molecule has 0 aliphatic heterocycles. The van der Waals surface area contributed by atoms with Gasteiger partial charge in [0, 0.05) is 5.56 Å². The molecular weight excluding hydrogens is 351 g/mol. The maximum absolute atomic E-state index is 14.4. The quantitative estimate of drug-likeness (QED) is 0.886. The molecule has 0 atom stereocenters. The molecule has 3 nitrogen and oxygen atoms in total. The van der Waals surface area contributed by atoms with Gasteiger partial charge in [0.15, 0.2) is 0 Å². The molecule has 0 radical (unpaired) electrons. The molecule has 3 rings (SSSR count). The summed E-state index contributed by atoms with van der Waals surface area (Å²) < 4.78 is 65.0. The van der Waals surface area contributed by atoms with Gasteiger partial charge in [0.2, 0.25) is 10.0 Å². The van der Waals surface area contributed by atoms with E-state index in [1.54, 1.807) is 19.1 Å². The average Bonchev–Trinajstić information content (AvgIpc) is 3.00. The van der Waals surface area contributed by atoms with Crippen LogP contribution in [0.15, 0.2) is 35.2 Å². The highest BCUT2D eigenvalue weighted by Gasteiger charge is 2.24. The minimum Gasteiger partial charge on any atom is -0.225 e. The van der Waals surface area contributed by atoms with E-state index in [0.29, 0.717) is 35.6 Å². The lowest BCUT2D eigenvalue weighted by Crippen LogP contribution is -2.15. The lowest BCUT2D eigenvalue weighted by molar-refractivity contribution is 0.552. The van der Waals surface area contributed by atoms with Gasteiger partial charge in [-0.1, -0.05) is 12.1 Å². The molecule has 2 aromatic carbocycles. The standard InChI is InChI=1S/C18H16F3NO2S/c1-10-5-6-11(7-15(10)19)12-3-2-4-13(12)14-8-17(21)18(9-16(14)20)25(22,23)24/h5-9H,2-4H2,1H3,(H2,22,23,24). The van der Waals surface area contributed by atoms with Crippen LogP contribution in [0.2, 0.25) is 0 Å². The second-order valence-electron chi connectivity index (χ2n) is 6.08. The molecule has 1 aliphatic rings. The highest BCUT2D eigenvalue weighted by molar-refractivity contribution is 7.89. The third-order valence-corrected chi connectivity index (χ3v) is 5.32. The van der Waals surface area contributed by atoms with Gasteiger partial charge in [0.25, 0.3) is 0 Å². The first-order chi connectivity index (χ1) is 11.7. The van der Waals surface area contributed by atoms with Gasteiger partial charge in [-0.3, -0.25) is 0 Å². The van der Waals surface area contributed by atoms with E-state index in [1.165, 1.54) is 6.07 Å². The molecule has 7 heteroatoms. The predicted molar refractivity (Wildman–Crippen MR) is 89.5 cm³/mol. The third-order valence-electron chi connectivity index (χ3n) is 4.39. The van der Waals surface area contributed by atoms with Crippen molar-refractivity contribution in [3.63, 3.8) is 0 Å². The van der Waals surface area contributed by atoms with Crippen LogP contribution < -0.4 is 5.14 Å². The van der Waals surface area contributed by atoms with Crippen LogP contribution in [0.4, 0.5) is 13.2 Å². The summed E-state index contributed by atoms with van der Waals surface area (Å²) in [6.45, 7) is 1.64. The van der Waals surface area contributed by atoms with Crippen LogP contribution in [-0.2, 0) is 10.0 Å². The molecule has 0 fully saturated rings. The van der Waals surface area contributed by atoms with Gasteiger partial charge in [0.1, 0.15) is 22.3 Å². The van der Waals surface area contributed by atoms with Crippen molar-refractivity contribution in [2.24, 2.45) is 5.14 Å². The monoisotopic (exact) mass is 367 g/mol. The fraction of sp³-hybridized carbons (Fsp3) is 0.222. The van der Waals surface area contributed by atoms with Crippen molar-refractivity contribution in [2.45, 2.75) is 31.1 Å². The molecule has 0 unspecified atom stereocenters. The largest absolute Gasteiger partial charge is 0.241 e. The minimum absolute atomic E-state index is 0.0154. The van der Waals surface area contributed by atoms with E-state index in [4.69, 9.17) is 5.14 Å². The average molecular weight is 367 g/mol. The second kappa shape index (κ2) is 6.31.